The zero-order valence-corrected chi connectivity index (χ0v) is 12.8. The highest BCUT2D eigenvalue weighted by atomic mass is 16.2. The Morgan fingerprint density at radius 3 is 2.95 bits per heavy atom. The van der Waals surface area contributed by atoms with Crippen LogP contribution in [0.1, 0.15) is 49.2 Å². The summed E-state index contributed by atoms with van der Waals surface area (Å²) in [4.78, 5) is 14.5. The van der Waals surface area contributed by atoms with Crippen molar-refractivity contribution in [3.05, 3.63) is 17.5 Å². The van der Waals surface area contributed by atoms with Crippen molar-refractivity contribution in [3.63, 3.8) is 0 Å². The van der Waals surface area contributed by atoms with Gasteiger partial charge in [-0.25, -0.2) is 0 Å². The van der Waals surface area contributed by atoms with Crippen molar-refractivity contribution in [2.45, 2.75) is 46.1 Å². The van der Waals surface area contributed by atoms with Crippen LogP contribution in [0.3, 0.4) is 0 Å². The van der Waals surface area contributed by atoms with Crippen LogP contribution in [0, 0.1) is 12.8 Å². The molecule has 1 saturated heterocycles. The van der Waals surface area contributed by atoms with E-state index in [0.29, 0.717) is 17.5 Å². The first kappa shape index (κ1) is 15.0. The van der Waals surface area contributed by atoms with Crippen LogP contribution < -0.4 is 5.32 Å². The van der Waals surface area contributed by atoms with E-state index >= 15 is 0 Å². The molecule has 2 N–H and O–H groups in total. The molecule has 0 bridgehead atoms. The molecule has 1 amide bonds. The number of carbonyl (C=O) groups excluding carboxylic acids is 1. The maximum atomic E-state index is 12.5. The van der Waals surface area contributed by atoms with Gasteiger partial charge in [0.15, 0.2) is 0 Å². The third kappa shape index (κ3) is 3.20. The topological polar surface area (TPSA) is 61.0 Å². The quantitative estimate of drug-likeness (QED) is 0.865. The van der Waals surface area contributed by atoms with E-state index < -0.39 is 0 Å². The van der Waals surface area contributed by atoms with E-state index in [2.05, 4.69) is 29.4 Å². The van der Waals surface area contributed by atoms with Crippen molar-refractivity contribution in [1.29, 1.82) is 0 Å². The lowest BCUT2D eigenvalue weighted by molar-refractivity contribution is 0.0626. The maximum Gasteiger partial charge on any atom is 0.257 e. The first-order valence-electron chi connectivity index (χ1n) is 7.70. The van der Waals surface area contributed by atoms with Crippen LogP contribution in [-0.2, 0) is 0 Å². The van der Waals surface area contributed by atoms with Crippen LogP contribution in [0.25, 0.3) is 0 Å². The van der Waals surface area contributed by atoms with Gasteiger partial charge in [-0.2, -0.15) is 5.10 Å². The maximum absolute atomic E-state index is 12.5. The predicted molar refractivity (Wildman–Crippen MR) is 79.7 cm³/mol. The Labute approximate surface area is 121 Å². The van der Waals surface area contributed by atoms with Crippen LogP contribution in [-0.4, -0.2) is 46.7 Å². The fraction of sp³-hybridized carbons (Fsp3) is 0.733. The molecule has 0 spiro atoms. The van der Waals surface area contributed by atoms with E-state index in [4.69, 9.17) is 0 Å². The van der Waals surface area contributed by atoms with Gasteiger partial charge in [0, 0.05) is 24.8 Å². The van der Waals surface area contributed by atoms with Crippen molar-refractivity contribution < 1.29 is 4.79 Å². The molecule has 0 aromatic carbocycles. The molecule has 1 aromatic rings. The number of nitrogens with zero attached hydrogens (tertiary/aromatic N) is 2. The largest absolute Gasteiger partial charge is 0.338 e. The van der Waals surface area contributed by atoms with Gasteiger partial charge in [0.05, 0.1) is 11.8 Å². The Balaban J connectivity index is 1.99. The Morgan fingerprint density at radius 2 is 2.35 bits per heavy atom. The highest BCUT2D eigenvalue weighted by Crippen LogP contribution is 2.22. The average Bonchev–Trinajstić information content (AvgIpc) is 2.90. The number of piperidine rings is 1. The molecular formula is C15H26N4O. The Kier molecular flexibility index (Phi) is 5.17. The second-order valence-corrected chi connectivity index (χ2v) is 5.68. The van der Waals surface area contributed by atoms with Crippen molar-refractivity contribution >= 4 is 5.91 Å². The number of rotatable bonds is 5. The molecule has 0 saturated carbocycles. The Bertz CT molecular complexity index is 443. The van der Waals surface area contributed by atoms with Gasteiger partial charge >= 0.3 is 0 Å². The molecule has 0 radical (unpaired) electrons. The Morgan fingerprint density at radius 1 is 1.55 bits per heavy atom. The minimum atomic E-state index is 0.114. The molecule has 1 aliphatic rings. The normalized spacial score (nSPS) is 23.1. The summed E-state index contributed by atoms with van der Waals surface area (Å²) in [5, 5.41) is 10.4. The minimum absolute atomic E-state index is 0.114. The molecule has 1 aliphatic heterocycles. The van der Waals surface area contributed by atoms with Crippen molar-refractivity contribution in [1.82, 2.24) is 20.4 Å². The lowest BCUT2D eigenvalue weighted by Gasteiger charge is -2.38. The molecule has 1 fully saturated rings. The molecule has 0 aliphatic carbocycles. The number of likely N-dealkylation sites (tertiary alicyclic amines) is 1. The van der Waals surface area contributed by atoms with Crippen LogP contribution in [0.15, 0.2) is 6.20 Å². The third-order valence-corrected chi connectivity index (χ3v) is 4.26. The first-order chi connectivity index (χ1) is 9.67. The van der Waals surface area contributed by atoms with Gasteiger partial charge in [-0.15, -0.1) is 0 Å². The predicted octanol–water partition coefficient (Wildman–Crippen LogP) is 1.96. The van der Waals surface area contributed by atoms with E-state index in [1.807, 2.05) is 11.8 Å². The number of amides is 1. The summed E-state index contributed by atoms with van der Waals surface area (Å²) in [6.45, 7) is 9.04. The van der Waals surface area contributed by atoms with Gasteiger partial charge in [0.2, 0.25) is 0 Å². The van der Waals surface area contributed by atoms with E-state index in [1.165, 1.54) is 0 Å². The molecule has 20 heavy (non-hydrogen) atoms. The highest BCUT2D eigenvalue weighted by Gasteiger charge is 2.31. The number of H-pyrrole nitrogens is 1. The summed E-state index contributed by atoms with van der Waals surface area (Å²) in [7, 11) is 0. The van der Waals surface area contributed by atoms with E-state index in [0.717, 1.165) is 44.6 Å². The fourth-order valence-electron chi connectivity index (χ4n) is 2.97. The van der Waals surface area contributed by atoms with E-state index in [9.17, 15) is 4.79 Å². The molecule has 2 unspecified atom stereocenters. The minimum Gasteiger partial charge on any atom is -0.338 e. The molecule has 2 atom stereocenters. The number of hydrogen-bond donors (Lipinski definition) is 2. The molecular weight excluding hydrogens is 252 g/mol. The molecule has 1 aromatic heterocycles. The van der Waals surface area contributed by atoms with E-state index in [1.54, 1.807) is 6.20 Å². The van der Waals surface area contributed by atoms with Gasteiger partial charge in [-0.3, -0.25) is 9.89 Å². The molecule has 5 nitrogen and oxygen atoms in total. The lowest BCUT2D eigenvalue weighted by atomic mass is 9.89. The summed E-state index contributed by atoms with van der Waals surface area (Å²) in [6, 6.07) is 0.550. The zero-order valence-electron chi connectivity index (χ0n) is 12.8. The number of nitrogens with one attached hydrogen (secondary N) is 2. The summed E-state index contributed by atoms with van der Waals surface area (Å²) in [5.41, 5.74) is 1.56. The third-order valence-electron chi connectivity index (χ3n) is 4.26. The van der Waals surface area contributed by atoms with Crippen LogP contribution in [0.2, 0.25) is 0 Å². The van der Waals surface area contributed by atoms with Crippen LogP contribution in [0.5, 0.6) is 0 Å². The molecule has 112 valence electrons. The monoisotopic (exact) mass is 278 g/mol. The van der Waals surface area contributed by atoms with Gasteiger partial charge in [-0.1, -0.05) is 20.3 Å². The van der Waals surface area contributed by atoms with Gasteiger partial charge in [0.25, 0.3) is 5.91 Å². The summed E-state index contributed by atoms with van der Waals surface area (Å²) in [5.74, 6) is 0.662. The smallest absolute Gasteiger partial charge is 0.257 e. The zero-order chi connectivity index (χ0) is 14.5. The fourth-order valence-corrected chi connectivity index (χ4v) is 2.97. The summed E-state index contributed by atoms with van der Waals surface area (Å²) in [6.07, 6.45) is 4.94. The molecule has 2 heterocycles. The second-order valence-electron chi connectivity index (χ2n) is 5.68. The second kappa shape index (κ2) is 6.88. The van der Waals surface area contributed by atoms with Gasteiger partial charge in [0.1, 0.15) is 0 Å². The first-order valence-corrected chi connectivity index (χ1v) is 7.70. The molecule has 5 heteroatoms. The number of aryl methyl sites for hydroxylation is 1. The lowest BCUT2D eigenvalue weighted by Crippen LogP contribution is -2.51. The van der Waals surface area contributed by atoms with Crippen molar-refractivity contribution in [2.75, 3.05) is 19.6 Å². The standard InChI is InChI=1S/C15H26N4O/c1-4-7-16-14-6-8-19(10-12(14)5-2)15(20)13-9-17-18-11(13)3/h9,12,14,16H,4-8,10H2,1-3H3,(H,17,18). The van der Waals surface area contributed by atoms with Crippen LogP contribution in [0.4, 0.5) is 0 Å². The number of aromatic amines is 1. The number of aromatic nitrogens is 2. The highest BCUT2D eigenvalue weighted by molar-refractivity contribution is 5.95. The molecule has 2 rings (SSSR count). The number of hydrogen-bond acceptors (Lipinski definition) is 3. The average molecular weight is 278 g/mol. The SMILES string of the molecule is CCCNC1CCN(C(=O)c2cn[nH]c2C)CC1CC. The number of carbonyl (C=O) groups is 1. The van der Waals surface area contributed by atoms with Crippen LogP contribution >= 0.6 is 0 Å². The van der Waals surface area contributed by atoms with Gasteiger partial charge in [-0.05, 0) is 32.2 Å². The summed E-state index contributed by atoms with van der Waals surface area (Å²) < 4.78 is 0. The van der Waals surface area contributed by atoms with Crippen molar-refractivity contribution in [2.24, 2.45) is 5.92 Å². The van der Waals surface area contributed by atoms with Crippen molar-refractivity contribution in [3.8, 4) is 0 Å². The Hall–Kier alpha value is -1.36. The summed E-state index contributed by atoms with van der Waals surface area (Å²) >= 11 is 0. The van der Waals surface area contributed by atoms with Gasteiger partial charge < -0.3 is 10.2 Å². The van der Waals surface area contributed by atoms with E-state index in [-0.39, 0.29) is 5.91 Å².